The SMILES string of the molecule is COc1ccc(CN2CCN(CC3CC4C=CC3C4)CC2)c(OC)c1OC.O=C(O)C(=O)O. The standard InChI is InChI=1S/C22H32N2O3.C2H2O4/c1-25-20-7-6-18(21(26-2)22(20)27-3)14-23-8-10-24(11-9-23)15-19-13-16-4-5-17(19)12-16;3-1(4)2(5)6/h4-7,16-17,19H,8-15H2,1-3H3;(H,3,4)(H,5,6). The average Bonchev–Trinajstić information content (AvgIpc) is 3.43. The van der Waals surface area contributed by atoms with Crippen LogP contribution in [-0.4, -0.2) is 86.0 Å². The Bertz CT molecular complexity index is 853. The van der Waals surface area contributed by atoms with Crippen molar-refractivity contribution in [2.24, 2.45) is 17.8 Å². The molecule has 0 aromatic heterocycles. The molecule has 2 bridgehead atoms. The molecule has 1 saturated carbocycles. The number of piperazine rings is 1. The Morgan fingerprint density at radius 2 is 1.52 bits per heavy atom. The summed E-state index contributed by atoms with van der Waals surface area (Å²) >= 11 is 0. The summed E-state index contributed by atoms with van der Waals surface area (Å²) in [5.74, 6) is 1.14. The van der Waals surface area contributed by atoms with E-state index >= 15 is 0 Å². The van der Waals surface area contributed by atoms with Crippen LogP contribution < -0.4 is 14.2 Å². The van der Waals surface area contributed by atoms with Gasteiger partial charge in [0.1, 0.15) is 0 Å². The van der Waals surface area contributed by atoms with Gasteiger partial charge < -0.3 is 29.3 Å². The van der Waals surface area contributed by atoms with Crippen LogP contribution in [0.2, 0.25) is 0 Å². The summed E-state index contributed by atoms with van der Waals surface area (Å²) in [5.41, 5.74) is 1.15. The van der Waals surface area contributed by atoms with E-state index in [-0.39, 0.29) is 0 Å². The number of allylic oxidation sites excluding steroid dienone is 2. The predicted octanol–water partition coefficient (Wildman–Crippen LogP) is 2.20. The van der Waals surface area contributed by atoms with Gasteiger partial charge in [0.25, 0.3) is 0 Å². The molecule has 1 aliphatic heterocycles. The largest absolute Gasteiger partial charge is 0.493 e. The molecule has 2 fully saturated rings. The minimum Gasteiger partial charge on any atom is -0.493 e. The Hall–Kier alpha value is -2.78. The lowest BCUT2D eigenvalue weighted by atomic mass is 9.93. The quantitative estimate of drug-likeness (QED) is 0.466. The van der Waals surface area contributed by atoms with Gasteiger partial charge in [-0.3, -0.25) is 4.90 Å². The fourth-order valence-corrected chi connectivity index (χ4v) is 5.09. The highest BCUT2D eigenvalue weighted by Gasteiger charge is 2.36. The monoisotopic (exact) mass is 462 g/mol. The zero-order valence-corrected chi connectivity index (χ0v) is 19.5. The van der Waals surface area contributed by atoms with Crippen molar-refractivity contribution in [2.75, 3.05) is 54.1 Å². The Morgan fingerprint density at radius 3 is 2.00 bits per heavy atom. The molecule has 1 saturated heterocycles. The van der Waals surface area contributed by atoms with Crippen molar-refractivity contribution in [1.29, 1.82) is 0 Å². The first-order chi connectivity index (χ1) is 15.9. The fraction of sp³-hybridized carbons (Fsp3) is 0.583. The number of hydrogen-bond acceptors (Lipinski definition) is 7. The Morgan fingerprint density at radius 1 is 0.879 bits per heavy atom. The van der Waals surface area contributed by atoms with Gasteiger partial charge >= 0.3 is 11.9 Å². The predicted molar refractivity (Wildman–Crippen MR) is 122 cm³/mol. The molecule has 3 aliphatic rings. The number of carboxylic acids is 2. The number of fused-ring (bicyclic) bond motifs is 2. The summed E-state index contributed by atoms with van der Waals surface area (Å²) in [6.45, 7) is 6.69. The third-order valence-corrected chi connectivity index (χ3v) is 6.74. The minimum atomic E-state index is -1.82. The number of ether oxygens (including phenoxy) is 3. The fourth-order valence-electron chi connectivity index (χ4n) is 5.09. The first-order valence-electron chi connectivity index (χ1n) is 11.2. The lowest BCUT2D eigenvalue weighted by Crippen LogP contribution is -2.47. The molecule has 9 heteroatoms. The molecule has 0 radical (unpaired) electrons. The van der Waals surface area contributed by atoms with Gasteiger partial charge in [0.2, 0.25) is 5.75 Å². The molecule has 4 rings (SSSR count). The summed E-state index contributed by atoms with van der Waals surface area (Å²) in [6, 6.07) is 4.06. The third-order valence-electron chi connectivity index (χ3n) is 6.74. The van der Waals surface area contributed by atoms with E-state index in [0.29, 0.717) is 11.5 Å². The number of carboxylic acid groups (broad SMARTS) is 2. The van der Waals surface area contributed by atoms with Crippen LogP contribution in [0.4, 0.5) is 0 Å². The Balaban J connectivity index is 0.000000454. The van der Waals surface area contributed by atoms with Crippen LogP contribution in [0.3, 0.4) is 0 Å². The molecule has 0 spiro atoms. The average molecular weight is 463 g/mol. The summed E-state index contributed by atoms with van der Waals surface area (Å²) in [7, 11) is 5.01. The second kappa shape index (κ2) is 11.4. The van der Waals surface area contributed by atoms with Crippen LogP contribution in [0.1, 0.15) is 18.4 Å². The van der Waals surface area contributed by atoms with E-state index in [2.05, 4.69) is 28.0 Å². The van der Waals surface area contributed by atoms with Gasteiger partial charge in [-0.15, -0.1) is 0 Å². The summed E-state index contributed by atoms with van der Waals surface area (Å²) in [4.78, 5) is 23.4. The lowest BCUT2D eigenvalue weighted by Gasteiger charge is -2.37. The van der Waals surface area contributed by atoms with Crippen molar-refractivity contribution < 1.29 is 34.0 Å². The molecule has 2 aliphatic carbocycles. The van der Waals surface area contributed by atoms with E-state index in [1.165, 1.54) is 19.4 Å². The molecule has 33 heavy (non-hydrogen) atoms. The number of methoxy groups -OCH3 is 3. The molecular formula is C24H34N2O7. The van der Waals surface area contributed by atoms with Crippen LogP contribution >= 0.6 is 0 Å². The number of aliphatic carboxylic acids is 2. The van der Waals surface area contributed by atoms with Crippen molar-refractivity contribution in [1.82, 2.24) is 9.80 Å². The molecule has 2 N–H and O–H groups in total. The highest BCUT2D eigenvalue weighted by molar-refractivity contribution is 6.27. The maximum absolute atomic E-state index is 9.10. The van der Waals surface area contributed by atoms with E-state index in [1.54, 1.807) is 21.3 Å². The van der Waals surface area contributed by atoms with E-state index in [0.717, 1.165) is 61.8 Å². The first kappa shape index (κ1) is 24.9. The highest BCUT2D eigenvalue weighted by atomic mass is 16.5. The zero-order valence-electron chi connectivity index (χ0n) is 19.5. The van der Waals surface area contributed by atoms with Crippen LogP contribution in [0.15, 0.2) is 24.3 Å². The highest BCUT2D eigenvalue weighted by Crippen LogP contribution is 2.44. The van der Waals surface area contributed by atoms with Crippen LogP contribution in [0, 0.1) is 17.8 Å². The van der Waals surface area contributed by atoms with Crippen molar-refractivity contribution in [3.63, 3.8) is 0 Å². The molecule has 3 atom stereocenters. The van der Waals surface area contributed by atoms with Gasteiger partial charge in [0, 0.05) is 44.8 Å². The summed E-state index contributed by atoms with van der Waals surface area (Å²) < 4.78 is 16.6. The van der Waals surface area contributed by atoms with Gasteiger partial charge in [0.05, 0.1) is 21.3 Å². The second-order valence-corrected chi connectivity index (χ2v) is 8.72. The number of hydrogen-bond donors (Lipinski definition) is 2. The maximum atomic E-state index is 9.10. The summed E-state index contributed by atoms with van der Waals surface area (Å²) in [6.07, 6.45) is 7.72. The maximum Gasteiger partial charge on any atom is 0.414 e. The van der Waals surface area contributed by atoms with E-state index in [9.17, 15) is 0 Å². The van der Waals surface area contributed by atoms with Crippen molar-refractivity contribution in [3.05, 3.63) is 29.8 Å². The number of benzene rings is 1. The van der Waals surface area contributed by atoms with E-state index < -0.39 is 11.9 Å². The molecule has 0 amide bonds. The molecule has 1 aromatic rings. The smallest absolute Gasteiger partial charge is 0.414 e. The number of rotatable bonds is 7. The Kier molecular flexibility index (Phi) is 8.57. The van der Waals surface area contributed by atoms with Gasteiger partial charge in [0.15, 0.2) is 11.5 Å². The van der Waals surface area contributed by atoms with Crippen LogP contribution in [0.5, 0.6) is 17.2 Å². The second-order valence-electron chi connectivity index (χ2n) is 8.72. The van der Waals surface area contributed by atoms with Crippen molar-refractivity contribution in [2.45, 2.75) is 19.4 Å². The van der Waals surface area contributed by atoms with Gasteiger partial charge in [-0.25, -0.2) is 9.59 Å². The van der Waals surface area contributed by atoms with E-state index in [1.807, 2.05) is 6.07 Å². The number of nitrogens with zero attached hydrogens (tertiary/aromatic N) is 2. The summed E-state index contributed by atoms with van der Waals surface area (Å²) in [5, 5.41) is 14.8. The molecule has 182 valence electrons. The van der Waals surface area contributed by atoms with Crippen LogP contribution in [-0.2, 0) is 16.1 Å². The molecule has 9 nitrogen and oxygen atoms in total. The first-order valence-corrected chi connectivity index (χ1v) is 11.2. The number of carbonyl (C=O) groups is 2. The van der Waals surface area contributed by atoms with Crippen LogP contribution in [0.25, 0.3) is 0 Å². The topological polar surface area (TPSA) is 109 Å². The normalized spacial score (nSPS) is 24.2. The van der Waals surface area contributed by atoms with E-state index in [4.69, 9.17) is 34.0 Å². The Labute approximate surface area is 194 Å². The third kappa shape index (κ3) is 6.17. The minimum absolute atomic E-state index is 0.681. The molecule has 3 unspecified atom stereocenters. The van der Waals surface area contributed by atoms with Gasteiger partial charge in [-0.05, 0) is 36.7 Å². The lowest BCUT2D eigenvalue weighted by molar-refractivity contribution is -0.159. The van der Waals surface area contributed by atoms with Gasteiger partial charge in [-0.2, -0.15) is 0 Å². The zero-order chi connectivity index (χ0) is 24.0. The van der Waals surface area contributed by atoms with Crippen molar-refractivity contribution in [3.8, 4) is 17.2 Å². The van der Waals surface area contributed by atoms with Crippen molar-refractivity contribution >= 4 is 11.9 Å². The van der Waals surface area contributed by atoms with Gasteiger partial charge in [-0.1, -0.05) is 18.2 Å². The molecule has 1 heterocycles. The molecule has 1 aromatic carbocycles. The molecular weight excluding hydrogens is 428 g/mol.